The molecule has 19 heavy (non-hydrogen) atoms. The first-order valence-corrected chi connectivity index (χ1v) is 6.37. The van der Waals surface area contributed by atoms with Gasteiger partial charge in [-0.25, -0.2) is 0 Å². The summed E-state index contributed by atoms with van der Waals surface area (Å²) in [5.74, 6) is -0.315. The average molecular weight is 259 g/mol. The zero-order valence-electron chi connectivity index (χ0n) is 11.1. The topological polar surface area (TPSA) is 66.9 Å². The van der Waals surface area contributed by atoms with Gasteiger partial charge in [0, 0.05) is 18.9 Å². The van der Waals surface area contributed by atoms with Crippen molar-refractivity contribution in [3.63, 3.8) is 0 Å². The maximum absolute atomic E-state index is 10.9. The quantitative estimate of drug-likeness (QED) is 0.849. The van der Waals surface area contributed by atoms with E-state index in [0.29, 0.717) is 5.69 Å². The molecule has 0 aliphatic rings. The Morgan fingerprint density at radius 3 is 2.79 bits per heavy atom. The first kappa shape index (κ1) is 13.3. The van der Waals surface area contributed by atoms with Gasteiger partial charge in [0.1, 0.15) is 0 Å². The second kappa shape index (κ2) is 5.65. The molecule has 2 aromatic rings. The first-order chi connectivity index (χ1) is 9.15. The van der Waals surface area contributed by atoms with Crippen molar-refractivity contribution < 1.29 is 9.90 Å². The number of azo groups is 1. The Morgan fingerprint density at radius 1 is 1.37 bits per heavy atom. The van der Waals surface area contributed by atoms with E-state index in [2.05, 4.69) is 17.2 Å². The fraction of sp³-hybridized carbons (Fsp3) is 0.357. The molecule has 1 amide bonds. The zero-order valence-corrected chi connectivity index (χ0v) is 11.1. The van der Waals surface area contributed by atoms with E-state index < -0.39 is 0 Å². The summed E-state index contributed by atoms with van der Waals surface area (Å²) in [6, 6.07) is 7.58. The molecule has 5 nitrogen and oxygen atoms in total. The van der Waals surface area contributed by atoms with Gasteiger partial charge < -0.3 is 9.67 Å². The summed E-state index contributed by atoms with van der Waals surface area (Å²) in [5.41, 5.74) is 1.27. The summed E-state index contributed by atoms with van der Waals surface area (Å²) in [7, 11) is 0. The second-order valence-corrected chi connectivity index (χ2v) is 4.41. The number of hydrogen-bond acceptors (Lipinski definition) is 3. The minimum Gasteiger partial charge on any atom is -0.493 e. The fourth-order valence-corrected chi connectivity index (χ4v) is 2.03. The van der Waals surface area contributed by atoms with Crippen molar-refractivity contribution in [2.45, 2.75) is 33.2 Å². The van der Waals surface area contributed by atoms with Crippen LogP contribution in [0.15, 0.2) is 34.5 Å². The van der Waals surface area contributed by atoms with Gasteiger partial charge in [0.05, 0.1) is 5.52 Å². The third-order valence-corrected chi connectivity index (χ3v) is 2.94. The Balaban J connectivity index is 2.56. The lowest BCUT2D eigenvalue weighted by molar-refractivity contribution is -0.116. The van der Waals surface area contributed by atoms with Gasteiger partial charge in [0.25, 0.3) is 5.91 Å². The Hall–Kier alpha value is -2.17. The number of rotatable bonds is 4. The monoisotopic (exact) mass is 259 g/mol. The molecule has 0 radical (unpaired) electrons. The first-order valence-electron chi connectivity index (χ1n) is 6.37. The van der Waals surface area contributed by atoms with E-state index in [-0.39, 0.29) is 11.8 Å². The van der Waals surface area contributed by atoms with Crippen LogP contribution >= 0.6 is 0 Å². The van der Waals surface area contributed by atoms with Crippen molar-refractivity contribution in [2.24, 2.45) is 10.2 Å². The summed E-state index contributed by atoms with van der Waals surface area (Å²) in [4.78, 5) is 10.9. The van der Waals surface area contributed by atoms with E-state index in [0.717, 1.165) is 30.3 Å². The summed E-state index contributed by atoms with van der Waals surface area (Å²) in [6.07, 6.45) is 2.01. The fourth-order valence-electron chi connectivity index (χ4n) is 2.03. The number of carbonyl (C=O) groups excluding carboxylic acids is 1. The maximum Gasteiger partial charge on any atom is 0.261 e. The smallest absolute Gasteiger partial charge is 0.261 e. The van der Waals surface area contributed by atoms with Crippen LogP contribution in [0.3, 0.4) is 0 Å². The lowest BCUT2D eigenvalue weighted by Gasteiger charge is -2.04. The highest BCUT2D eigenvalue weighted by atomic mass is 16.3. The molecule has 5 heteroatoms. The maximum atomic E-state index is 10.9. The van der Waals surface area contributed by atoms with Crippen LogP contribution in [0.5, 0.6) is 5.88 Å². The number of aromatic hydroxyl groups is 1. The molecule has 1 N–H and O–H groups in total. The molecular weight excluding hydrogens is 242 g/mol. The number of aromatic nitrogens is 1. The Kier molecular flexibility index (Phi) is 3.94. The van der Waals surface area contributed by atoms with Crippen LogP contribution in [0.25, 0.3) is 10.9 Å². The predicted octanol–water partition coefficient (Wildman–Crippen LogP) is 3.78. The van der Waals surface area contributed by atoms with Gasteiger partial charge in [0.15, 0.2) is 5.69 Å². The van der Waals surface area contributed by atoms with Crippen molar-refractivity contribution in [2.75, 3.05) is 0 Å². The number of unbranched alkanes of at least 4 members (excludes halogenated alkanes) is 1. The molecule has 0 bridgehead atoms. The molecule has 2 rings (SSSR count). The summed E-state index contributed by atoms with van der Waals surface area (Å²) in [5, 5.41) is 18.4. The van der Waals surface area contributed by atoms with Gasteiger partial charge in [-0.3, -0.25) is 4.79 Å². The molecule has 0 atom stereocenters. The summed E-state index contributed by atoms with van der Waals surface area (Å²) in [6.45, 7) is 4.15. The van der Waals surface area contributed by atoms with Gasteiger partial charge in [-0.2, -0.15) is 0 Å². The number of nitrogens with zero attached hydrogens (tertiary/aromatic N) is 3. The van der Waals surface area contributed by atoms with E-state index in [1.807, 2.05) is 28.8 Å². The van der Waals surface area contributed by atoms with E-state index >= 15 is 0 Å². The third-order valence-electron chi connectivity index (χ3n) is 2.94. The lowest BCUT2D eigenvalue weighted by atomic mass is 10.2. The van der Waals surface area contributed by atoms with E-state index in [1.165, 1.54) is 6.92 Å². The Bertz CT molecular complexity index is 629. The van der Waals surface area contributed by atoms with Crippen LogP contribution in [-0.2, 0) is 11.3 Å². The Morgan fingerprint density at radius 2 is 2.11 bits per heavy atom. The standard InChI is InChI=1S/C14H17N3O2/c1-3-4-9-17-12-8-6-5-7-11(12)13(14(17)19)16-15-10(2)18/h5-8,19H,3-4,9H2,1-2H3. The zero-order chi connectivity index (χ0) is 13.8. The van der Waals surface area contributed by atoms with Crippen molar-refractivity contribution >= 4 is 22.5 Å². The molecular formula is C14H17N3O2. The second-order valence-electron chi connectivity index (χ2n) is 4.41. The largest absolute Gasteiger partial charge is 0.493 e. The highest BCUT2D eigenvalue weighted by Gasteiger charge is 2.15. The highest BCUT2D eigenvalue weighted by molar-refractivity contribution is 5.95. The molecule has 0 aliphatic heterocycles. The summed E-state index contributed by atoms with van der Waals surface area (Å²) < 4.78 is 1.81. The summed E-state index contributed by atoms with van der Waals surface area (Å²) >= 11 is 0. The lowest BCUT2D eigenvalue weighted by Crippen LogP contribution is -1.96. The van der Waals surface area contributed by atoms with Crippen molar-refractivity contribution in [3.05, 3.63) is 24.3 Å². The number of hydrogen-bond donors (Lipinski definition) is 1. The van der Waals surface area contributed by atoms with Crippen LogP contribution in [0.1, 0.15) is 26.7 Å². The normalized spacial score (nSPS) is 11.5. The molecule has 100 valence electrons. The highest BCUT2D eigenvalue weighted by Crippen LogP contribution is 2.38. The van der Waals surface area contributed by atoms with Crippen LogP contribution in [0.2, 0.25) is 0 Å². The average Bonchev–Trinajstić information content (AvgIpc) is 2.66. The number of fused-ring (bicyclic) bond motifs is 1. The third kappa shape index (κ3) is 2.65. The van der Waals surface area contributed by atoms with E-state index in [4.69, 9.17) is 0 Å². The van der Waals surface area contributed by atoms with Crippen molar-refractivity contribution in [1.29, 1.82) is 0 Å². The van der Waals surface area contributed by atoms with Gasteiger partial charge >= 0.3 is 0 Å². The molecule has 0 aliphatic carbocycles. The van der Waals surface area contributed by atoms with Crippen LogP contribution in [0.4, 0.5) is 5.69 Å². The molecule has 1 heterocycles. The van der Waals surface area contributed by atoms with Gasteiger partial charge in [-0.05, 0) is 12.5 Å². The number of benzene rings is 1. The van der Waals surface area contributed by atoms with E-state index in [9.17, 15) is 9.90 Å². The number of para-hydroxylation sites is 1. The number of aryl methyl sites for hydroxylation is 1. The van der Waals surface area contributed by atoms with Gasteiger partial charge in [-0.15, -0.1) is 10.2 Å². The van der Waals surface area contributed by atoms with Crippen molar-refractivity contribution in [1.82, 2.24) is 4.57 Å². The molecule has 1 aromatic heterocycles. The molecule has 0 saturated carbocycles. The minimum absolute atomic E-state index is 0.0691. The van der Waals surface area contributed by atoms with Gasteiger partial charge in [0.2, 0.25) is 5.88 Å². The number of amides is 1. The predicted molar refractivity (Wildman–Crippen MR) is 73.7 cm³/mol. The molecule has 0 unspecified atom stereocenters. The van der Waals surface area contributed by atoms with Gasteiger partial charge in [-0.1, -0.05) is 31.5 Å². The van der Waals surface area contributed by atoms with Crippen LogP contribution in [0, 0.1) is 0 Å². The Labute approximate surface area is 111 Å². The molecule has 0 fully saturated rings. The van der Waals surface area contributed by atoms with Crippen LogP contribution in [-0.4, -0.2) is 15.6 Å². The van der Waals surface area contributed by atoms with Crippen molar-refractivity contribution in [3.8, 4) is 5.88 Å². The SMILES string of the molecule is CCCCn1c(O)c(N=NC(C)=O)c2ccccc21. The number of carbonyl (C=O) groups is 1. The molecule has 0 saturated heterocycles. The van der Waals surface area contributed by atoms with E-state index in [1.54, 1.807) is 0 Å². The molecule has 1 aromatic carbocycles. The van der Waals surface area contributed by atoms with Crippen LogP contribution < -0.4 is 0 Å². The minimum atomic E-state index is -0.384. The molecule has 0 spiro atoms.